The van der Waals surface area contributed by atoms with Crippen molar-refractivity contribution in [1.82, 2.24) is 51.7 Å². The number of aliphatic carboxylic acids is 1. The third-order valence-corrected chi connectivity index (χ3v) is 14.2. The number of aromatic nitrogens is 2. The number of esters is 1. The number of benzene rings is 2. The van der Waals surface area contributed by atoms with Crippen molar-refractivity contribution in [3.8, 4) is 11.4 Å². The SMILES string of the molecule is CC[C@H](OCNC(=O)CNC(=O)[C@H](Cc1ccccc1)NC(=O)CNC(=O)CNC(=O)[C@H](CNCC(=O)O)N1C(=O)C=CC1=O)C(=O)N[C@H]1CCc2c(C)c(F)cc3nc4c(c1c23)Cn1c-4cc2c(c1=O)COC(=O)[C@]2(O)CC. The summed E-state index contributed by atoms with van der Waals surface area (Å²) in [7, 11) is 0. The van der Waals surface area contributed by atoms with Gasteiger partial charge in [0.1, 0.15) is 37.3 Å². The van der Waals surface area contributed by atoms with E-state index in [9.17, 15) is 57.8 Å². The molecule has 4 aromatic rings. The smallest absolute Gasteiger partial charge is 0.343 e. The van der Waals surface area contributed by atoms with Crippen molar-refractivity contribution in [3.63, 3.8) is 0 Å². The molecule has 8 amide bonds. The second-order valence-corrected chi connectivity index (χ2v) is 19.2. The summed E-state index contributed by atoms with van der Waals surface area (Å²) in [6.45, 7) is 1.19. The number of carbonyl (C=O) groups is 10. The van der Waals surface area contributed by atoms with Crippen molar-refractivity contribution in [1.29, 1.82) is 0 Å². The third kappa shape index (κ3) is 11.9. The summed E-state index contributed by atoms with van der Waals surface area (Å²) in [5.74, 6) is -8.97. The van der Waals surface area contributed by atoms with Gasteiger partial charge in [-0.3, -0.25) is 52.8 Å². The molecule has 8 rings (SSSR count). The van der Waals surface area contributed by atoms with Crippen LogP contribution in [-0.4, -0.2) is 142 Å². The highest BCUT2D eigenvalue weighted by Crippen LogP contribution is 2.46. The molecule has 25 nitrogen and oxygen atoms in total. The van der Waals surface area contributed by atoms with E-state index in [1.165, 1.54) is 10.6 Å². The van der Waals surface area contributed by atoms with Crippen molar-refractivity contribution < 1.29 is 72.0 Å². The largest absolute Gasteiger partial charge is 0.480 e. The zero-order valence-corrected chi connectivity index (χ0v) is 43.1. The maximum atomic E-state index is 15.5. The molecule has 5 heterocycles. The number of pyridine rings is 2. The lowest BCUT2D eigenvalue weighted by Crippen LogP contribution is -2.56. The van der Waals surface area contributed by atoms with E-state index in [2.05, 4.69) is 37.2 Å². The molecule has 0 radical (unpaired) electrons. The van der Waals surface area contributed by atoms with Crippen LogP contribution < -0.4 is 42.8 Å². The topological polar surface area (TPSA) is 352 Å². The predicted octanol–water partition coefficient (Wildman–Crippen LogP) is -1.46. The number of halogens is 1. The molecule has 0 saturated heterocycles. The number of nitrogens with one attached hydrogen (secondary N) is 7. The number of fused-ring (bicyclic) bond motifs is 5. The first-order valence-corrected chi connectivity index (χ1v) is 25.4. The van der Waals surface area contributed by atoms with Gasteiger partial charge in [0.25, 0.3) is 17.4 Å². The minimum absolute atomic E-state index is 0.0301. The zero-order chi connectivity index (χ0) is 56.9. The summed E-state index contributed by atoms with van der Waals surface area (Å²) in [5, 5.41) is 38.5. The Hall–Kier alpha value is -8.75. The van der Waals surface area contributed by atoms with Crippen LogP contribution in [0.2, 0.25) is 0 Å². The molecule has 5 atom stereocenters. The molecule has 3 aliphatic heterocycles. The Labute approximate surface area is 449 Å². The number of carboxylic acids is 1. The fraction of sp³-hybridized carbons (Fsp3) is 0.396. The number of amides is 8. The summed E-state index contributed by atoms with van der Waals surface area (Å²) in [4.78, 5) is 147. The van der Waals surface area contributed by atoms with Gasteiger partial charge in [0.05, 0.1) is 61.2 Å². The summed E-state index contributed by atoms with van der Waals surface area (Å²) in [6.07, 6.45) is 1.55. The van der Waals surface area contributed by atoms with Gasteiger partial charge in [-0.05, 0) is 60.9 Å². The maximum absolute atomic E-state index is 15.5. The molecule has 2 aromatic carbocycles. The zero-order valence-electron chi connectivity index (χ0n) is 43.1. The Morgan fingerprint density at radius 3 is 2.23 bits per heavy atom. The second-order valence-electron chi connectivity index (χ2n) is 19.2. The number of hydrogen-bond acceptors (Lipinski definition) is 16. The van der Waals surface area contributed by atoms with Crippen LogP contribution in [0.4, 0.5) is 4.39 Å². The lowest BCUT2D eigenvalue weighted by atomic mass is 9.81. The van der Waals surface area contributed by atoms with E-state index < -0.39 is 140 Å². The van der Waals surface area contributed by atoms with Gasteiger partial charge in [0.2, 0.25) is 35.4 Å². The Morgan fingerprint density at radius 2 is 1.54 bits per heavy atom. The van der Waals surface area contributed by atoms with Gasteiger partial charge >= 0.3 is 11.9 Å². The van der Waals surface area contributed by atoms with Crippen LogP contribution in [-0.2, 0) is 89.0 Å². The minimum Gasteiger partial charge on any atom is -0.480 e. The van der Waals surface area contributed by atoms with Crippen LogP contribution in [0.25, 0.3) is 22.3 Å². The Morgan fingerprint density at radius 1 is 0.861 bits per heavy atom. The quantitative estimate of drug-likeness (QED) is 0.0205. The number of nitrogens with zero attached hydrogens (tertiary/aromatic N) is 3. The third-order valence-electron chi connectivity index (χ3n) is 14.2. The van der Waals surface area contributed by atoms with Gasteiger partial charge < -0.3 is 61.5 Å². The summed E-state index contributed by atoms with van der Waals surface area (Å²) in [5.41, 5.74) is 1.62. The highest BCUT2D eigenvalue weighted by molar-refractivity contribution is 6.15. The highest BCUT2D eigenvalue weighted by atomic mass is 19.1. The van der Waals surface area contributed by atoms with E-state index in [1.54, 1.807) is 57.2 Å². The van der Waals surface area contributed by atoms with Gasteiger partial charge in [0, 0.05) is 47.7 Å². The fourth-order valence-corrected chi connectivity index (χ4v) is 10.1. The molecule has 9 N–H and O–H groups in total. The van der Waals surface area contributed by atoms with E-state index >= 15 is 4.39 Å². The molecule has 2 aromatic heterocycles. The van der Waals surface area contributed by atoms with Crippen molar-refractivity contribution >= 4 is 70.1 Å². The lowest BCUT2D eigenvalue weighted by molar-refractivity contribution is -0.172. The van der Waals surface area contributed by atoms with E-state index in [4.69, 9.17) is 19.6 Å². The second kappa shape index (κ2) is 23.9. The van der Waals surface area contributed by atoms with Crippen LogP contribution >= 0.6 is 0 Å². The summed E-state index contributed by atoms with van der Waals surface area (Å²) >= 11 is 0. The first kappa shape index (κ1) is 56.5. The predicted molar refractivity (Wildman–Crippen MR) is 273 cm³/mol. The number of carboxylic acid groups (broad SMARTS) is 1. The standard InChI is InChI=1S/C53H57FN10O15/c1-4-38(50(74)62-33-12-11-28-26(3)32(54)17-34-45(28)46(33)29-23-63-36(47(29)61-34)16-31-30(51(63)75)24-78-52(76)53(31,77)5-2)79-25-59-40(66)20-57-48(72)35(15-27-9-7-6-8-10-27)60-41(67)21-56-39(65)19-58-49(73)37(18-55-22-44(70)71)64-42(68)13-14-43(64)69/h6-10,13-14,16-17,33,35,37-38,55,77H,4-5,11-12,15,18-25H2,1-3H3,(H,56,65)(H,57,72)(H,58,73)(H,59,66)(H,60,67)(H,62,74)(H,70,71)/t33-,35-,37-,38-,53-/m0/s1. The average Bonchev–Trinajstić information content (AvgIpc) is 4.24. The summed E-state index contributed by atoms with van der Waals surface area (Å²) < 4.78 is 28.0. The van der Waals surface area contributed by atoms with E-state index in [-0.39, 0.29) is 43.5 Å². The van der Waals surface area contributed by atoms with Crippen molar-refractivity contribution in [2.45, 2.75) is 95.9 Å². The van der Waals surface area contributed by atoms with Gasteiger partial charge in [-0.2, -0.15) is 0 Å². The van der Waals surface area contributed by atoms with Gasteiger partial charge in [-0.1, -0.05) is 44.2 Å². The van der Waals surface area contributed by atoms with Crippen molar-refractivity contribution in [2.24, 2.45) is 0 Å². The normalized spacial score (nSPS) is 17.9. The lowest BCUT2D eigenvalue weighted by Gasteiger charge is -2.31. The number of aliphatic hydroxyl groups is 1. The Bertz CT molecular complexity index is 3280. The number of ether oxygens (including phenoxy) is 2. The van der Waals surface area contributed by atoms with Crippen molar-refractivity contribution in [3.05, 3.63) is 110 Å². The van der Waals surface area contributed by atoms with Gasteiger partial charge in [0.15, 0.2) is 5.60 Å². The Kier molecular flexibility index (Phi) is 17.1. The molecular weight excluding hydrogens is 1040 g/mol. The fourth-order valence-electron chi connectivity index (χ4n) is 10.1. The average molecular weight is 1090 g/mol. The van der Waals surface area contributed by atoms with E-state index in [1.807, 2.05) is 0 Å². The molecule has 416 valence electrons. The minimum atomic E-state index is -2.07. The first-order valence-electron chi connectivity index (χ1n) is 25.4. The van der Waals surface area contributed by atoms with Crippen LogP contribution in [0.5, 0.6) is 0 Å². The van der Waals surface area contributed by atoms with Crippen LogP contribution in [0.15, 0.2) is 59.4 Å². The number of cyclic esters (lactones) is 1. The maximum Gasteiger partial charge on any atom is 0.343 e. The van der Waals surface area contributed by atoms with Crippen molar-refractivity contribution in [2.75, 3.05) is 39.5 Å². The monoisotopic (exact) mass is 1090 g/mol. The molecular formula is C53H57FN10O15. The van der Waals surface area contributed by atoms with Crippen LogP contribution in [0, 0.1) is 12.7 Å². The molecule has 79 heavy (non-hydrogen) atoms. The number of aryl methyl sites for hydroxylation is 1. The number of imide groups is 1. The number of carbonyl (C=O) groups excluding carboxylic acids is 9. The van der Waals surface area contributed by atoms with Crippen LogP contribution in [0.1, 0.15) is 78.1 Å². The molecule has 0 bridgehead atoms. The molecule has 0 unspecified atom stereocenters. The number of hydrogen-bond donors (Lipinski definition) is 9. The first-order chi connectivity index (χ1) is 37.7. The van der Waals surface area contributed by atoms with Crippen LogP contribution in [0.3, 0.4) is 0 Å². The molecule has 0 fully saturated rings. The summed E-state index contributed by atoms with van der Waals surface area (Å²) in [6, 6.07) is 7.99. The van der Waals surface area contributed by atoms with Gasteiger partial charge in [-0.25, -0.2) is 14.2 Å². The molecule has 26 heteroatoms. The molecule has 0 spiro atoms. The molecule has 0 saturated carbocycles. The van der Waals surface area contributed by atoms with E-state index in [0.717, 1.165) is 12.2 Å². The highest BCUT2D eigenvalue weighted by Gasteiger charge is 2.46. The molecule has 4 aliphatic rings. The van der Waals surface area contributed by atoms with E-state index in [0.29, 0.717) is 67.8 Å². The molecule has 1 aliphatic carbocycles. The van der Waals surface area contributed by atoms with Gasteiger partial charge in [-0.15, -0.1) is 0 Å². The number of rotatable bonds is 23. The Balaban J connectivity index is 0.860.